The molecule has 0 aliphatic carbocycles. The number of phenols is 12. The van der Waals surface area contributed by atoms with Crippen LogP contribution in [0.3, 0.4) is 0 Å². The molecule has 12 nitrogen and oxygen atoms in total. The first-order chi connectivity index (χ1) is 27.6. The van der Waals surface area contributed by atoms with E-state index in [-0.39, 0.29) is 23.3 Å². The minimum atomic E-state index is -0.630. The Morgan fingerprint density at radius 2 is 0.569 bits per heavy atom. The maximum Gasteiger partial charge on any atom is 0.200 e. The van der Waals surface area contributed by atoms with Crippen molar-refractivity contribution in [1.29, 1.82) is 0 Å². The van der Waals surface area contributed by atoms with E-state index in [4.69, 9.17) is 0 Å². The van der Waals surface area contributed by atoms with Crippen LogP contribution in [0.4, 0.5) is 0 Å². The molecular weight excluding hydrogens is 744 g/mol. The molecule has 6 aromatic rings. The second-order valence-electron chi connectivity index (χ2n) is 14.8. The molecule has 0 spiro atoms. The molecule has 0 saturated heterocycles. The fourth-order valence-electron chi connectivity index (χ4n) is 7.46. The van der Waals surface area contributed by atoms with E-state index in [0.29, 0.717) is 73.6 Å². The van der Waals surface area contributed by atoms with Crippen LogP contribution < -0.4 is 0 Å². The third kappa shape index (κ3) is 9.65. The van der Waals surface area contributed by atoms with Crippen molar-refractivity contribution >= 4 is 0 Å². The van der Waals surface area contributed by atoms with Crippen molar-refractivity contribution in [3.63, 3.8) is 0 Å². The lowest BCUT2D eigenvalue weighted by atomic mass is 9.75. The first-order valence-corrected chi connectivity index (χ1v) is 18.8. The van der Waals surface area contributed by atoms with E-state index in [9.17, 15) is 61.3 Å². The van der Waals surface area contributed by atoms with Crippen molar-refractivity contribution in [1.82, 2.24) is 0 Å². The van der Waals surface area contributed by atoms with Crippen LogP contribution in [0.15, 0.2) is 97.1 Å². The van der Waals surface area contributed by atoms with Gasteiger partial charge in [-0.15, -0.1) is 0 Å². The van der Waals surface area contributed by atoms with E-state index in [1.54, 1.807) is 0 Å². The van der Waals surface area contributed by atoms with Crippen molar-refractivity contribution in [2.75, 3.05) is 0 Å². The number of hydrogen-bond acceptors (Lipinski definition) is 12. The van der Waals surface area contributed by atoms with Gasteiger partial charge in [0.2, 0.25) is 0 Å². The lowest BCUT2D eigenvalue weighted by Crippen LogP contribution is -2.19. The third-order valence-electron chi connectivity index (χ3n) is 10.7. The van der Waals surface area contributed by atoms with Crippen LogP contribution in [0, 0.1) is 5.92 Å². The van der Waals surface area contributed by atoms with Gasteiger partial charge >= 0.3 is 0 Å². The van der Waals surface area contributed by atoms with Crippen molar-refractivity contribution in [2.24, 2.45) is 5.92 Å². The minimum Gasteiger partial charge on any atom is -0.504 e. The van der Waals surface area contributed by atoms with Crippen molar-refractivity contribution < 1.29 is 61.3 Å². The molecule has 0 saturated carbocycles. The first kappa shape index (κ1) is 40.6. The summed E-state index contributed by atoms with van der Waals surface area (Å²) >= 11 is 0. The highest BCUT2D eigenvalue weighted by atomic mass is 16.3. The second-order valence-corrected chi connectivity index (χ2v) is 14.8. The Labute approximate surface area is 334 Å². The van der Waals surface area contributed by atoms with Gasteiger partial charge in [0, 0.05) is 0 Å². The molecule has 58 heavy (non-hydrogen) atoms. The summed E-state index contributed by atoms with van der Waals surface area (Å²) < 4.78 is 0. The van der Waals surface area contributed by atoms with Crippen LogP contribution in [-0.4, -0.2) is 61.3 Å². The van der Waals surface area contributed by atoms with Gasteiger partial charge in [0.1, 0.15) is 0 Å². The Morgan fingerprint density at radius 1 is 0.293 bits per heavy atom. The van der Waals surface area contributed by atoms with E-state index < -0.39 is 57.5 Å². The second kappa shape index (κ2) is 17.4. The van der Waals surface area contributed by atoms with Gasteiger partial charge < -0.3 is 61.3 Å². The molecule has 6 aromatic carbocycles. The zero-order valence-electron chi connectivity index (χ0n) is 31.4. The average Bonchev–Trinajstić information content (AvgIpc) is 3.19. The summed E-state index contributed by atoms with van der Waals surface area (Å²) in [5, 5.41) is 121. The summed E-state index contributed by atoms with van der Waals surface area (Å²) in [6.45, 7) is 0. The molecule has 12 N–H and O–H groups in total. The maximum atomic E-state index is 10.4. The van der Waals surface area contributed by atoms with Gasteiger partial charge in [-0.1, -0.05) is 48.5 Å². The monoisotopic (exact) mass is 790 g/mol. The minimum absolute atomic E-state index is 0.190. The van der Waals surface area contributed by atoms with Gasteiger partial charge in [0.15, 0.2) is 69.0 Å². The van der Waals surface area contributed by atoms with Gasteiger partial charge in [-0.2, -0.15) is 0 Å². The zero-order valence-corrected chi connectivity index (χ0v) is 31.4. The van der Waals surface area contributed by atoms with Crippen molar-refractivity contribution in [2.45, 2.75) is 57.3 Å². The molecule has 0 radical (unpaired) electrons. The summed E-state index contributed by atoms with van der Waals surface area (Å²) in [5.41, 5.74) is 6.34. The SMILES string of the molecule is Oc1cc(CCc2ccc(CC[C@@H](Cc3cc(O)c(O)c(O)c3)[C@H](Cc3cc(O)c(O)c(O)c3)c3ccc(CCc4cc(O)c(O)c(O)c4)cc3)cc2)cc(O)c1O. The Balaban J connectivity index is 1.28. The summed E-state index contributed by atoms with van der Waals surface area (Å²) in [5.74, 6) is -6.34. The fraction of sp³-hybridized carbons (Fsp3) is 0.217. The van der Waals surface area contributed by atoms with Crippen molar-refractivity contribution in [3.05, 3.63) is 142 Å². The molecule has 0 heterocycles. The molecule has 0 unspecified atom stereocenters. The molecule has 0 bridgehead atoms. The smallest absolute Gasteiger partial charge is 0.200 e. The Morgan fingerprint density at radius 3 is 0.931 bits per heavy atom. The van der Waals surface area contributed by atoms with Gasteiger partial charge in [0.25, 0.3) is 0 Å². The van der Waals surface area contributed by atoms with E-state index >= 15 is 0 Å². The highest BCUT2D eigenvalue weighted by molar-refractivity contribution is 5.54. The summed E-state index contributed by atoms with van der Waals surface area (Å²) in [4.78, 5) is 0. The van der Waals surface area contributed by atoms with E-state index in [1.165, 1.54) is 48.5 Å². The summed E-state index contributed by atoms with van der Waals surface area (Å²) in [6.07, 6.45) is 4.04. The first-order valence-electron chi connectivity index (χ1n) is 18.8. The number of aromatic hydroxyl groups is 12. The van der Waals surface area contributed by atoms with Crippen LogP contribution in [-0.2, 0) is 44.9 Å². The highest BCUT2D eigenvalue weighted by Gasteiger charge is 2.26. The van der Waals surface area contributed by atoms with Gasteiger partial charge in [-0.3, -0.25) is 0 Å². The standard InChI is InChI=1S/C46H46O12/c47-35-17-28(18-36(48)43(35)55)7-5-25-1-3-26(4-2-25)11-14-33(15-30-21-39(51)45(57)40(52)22-30)34(16-31-23-41(53)46(58)42(54)24-31)32-12-9-27(10-13-32)6-8-29-19-37(49)44(56)38(50)20-29/h1-4,9-10,12-13,17-24,33-34,47-58H,5-8,11,14-16H2/t33-,34+/m0/s1. The Kier molecular flexibility index (Phi) is 12.2. The number of benzene rings is 6. The molecule has 2 atom stereocenters. The highest BCUT2D eigenvalue weighted by Crippen LogP contribution is 2.42. The topological polar surface area (TPSA) is 243 Å². The molecule has 0 aromatic heterocycles. The number of aryl methyl sites for hydroxylation is 5. The van der Waals surface area contributed by atoms with Crippen LogP contribution in [0.1, 0.15) is 56.8 Å². The lowest BCUT2D eigenvalue weighted by molar-refractivity contribution is 0.359. The quantitative estimate of drug-likeness (QED) is 0.0452. The number of hydrogen-bond donors (Lipinski definition) is 12. The number of phenolic OH excluding ortho intramolecular Hbond substituents is 12. The molecule has 12 heteroatoms. The molecule has 0 aliphatic heterocycles. The van der Waals surface area contributed by atoms with E-state index in [0.717, 1.165) is 22.3 Å². The van der Waals surface area contributed by atoms with E-state index in [2.05, 4.69) is 0 Å². The molecular formula is C46H46O12. The average molecular weight is 791 g/mol. The molecule has 0 fully saturated rings. The lowest BCUT2D eigenvalue weighted by Gasteiger charge is -2.29. The predicted octanol–water partition coefficient (Wildman–Crippen LogP) is 7.54. The Hall–Kier alpha value is -7.08. The summed E-state index contributed by atoms with van der Waals surface area (Å²) in [6, 6.07) is 27.1. The zero-order chi connectivity index (χ0) is 41.7. The normalized spacial score (nSPS) is 12.3. The van der Waals surface area contributed by atoms with Gasteiger partial charge in [-0.05, 0) is 156 Å². The maximum absolute atomic E-state index is 10.4. The molecule has 6 rings (SSSR count). The van der Waals surface area contributed by atoms with Gasteiger partial charge in [-0.25, -0.2) is 0 Å². The van der Waals surface area contributed by atoms with Crippen LogP contribution in [0.25, 0.3) is 0 Å². The van der Waals surface area contributed by atoms with Crippen molar-refractivity contribution in [3.8, 4) is 69.0 Å². The predicted molar refractivity (Wildman–Crippen MR) is 215 cm³/mol. The van der Waals surface area contributed by atoms with Gasteiger partial charge in [0.05, 0.1) is 0 Å². The van der Waals surface area contributed by atoms with Crippen LogP contribution >= 0.6 is 0 Å². The van der Waals surface area contributed by atoms with Crippen LogP contribution in [0.5, 0.6) is 69.0 Å². The molecule has 302 valence electrons. The molecule has 0 amide bonds. The van der Waals surface area contributed by atoms with Crippen LogP contribution in [0.2, 0.25) is 0 Å². The fourth-order valence-corrected chi connectivity index (χ4v) is 7.46. The number of rotatable bonds is 15. The summed E-state index contributed by atoms with van der Waals surface area (Å²) in [7, 11) is 0. The Bertz CT molecular complexity index is 2300. The van der Waals surface area contributed by atoms with E-state index in [1.807, 2.05) is 48.5 Å². The largest absolute Gasteiger partial charge is 0.504 e. The third-order valence-corrected chi connectivity index (χ3v) is 10.7. The molecule has 0 aliphatic rings.